The van der Waals surface area contributed by atoms with Crippen LogP contribution in [-0.4, -0.2) is 38.5 Å². The quantitative estimate of drug-likeness (QED) is 0.295. The zero-order valence-electron chi connectivity index (χ0n) is 19.6. The van der Waals surface area contributed by atoms with E-state index in [1.807, 2.05) is 59.4 Å². The van der Waals surface area contributed by atoms with Crippen LogP contribution in [0.15, 0.2) is 88.4 Å². The van der Waals surface area contributed by atoms with Crippen molar-refractivity contribution in [2.75, 3.05) is 13.2 Å². The second-order valence-corrected chi connectivity index (χ2v) is 9.89. The van der Waals surface area contributed by atoms with Gasteiger partial charge in [0, 0.05) is 40.2 Å². The standard InChI is InChI=1S/C28H22BrFN4O3/c29-19-4-8-21(9-5-19)33-14-22(18-2-6-20(30)7-3-18)23(15-33)27-34(26(35)16-37-27)12-11-17-1-10-24-25(13-17)32-28(36)31-24/h1-10,13-15,27H,11-12,16H2,(H2,31,32,36)/t27-/m1/s1. The van der Waals surface area contributed by atoms with Gasteiger partial charge in [-0.1, -0.05) is 34.1 Å². The molecule has 5 aromatic rings. The molecule has 0 aliphatic carbocycles. The van der Waals surface area contributed by atoms with Crippen molar-refractivity contribution in [2.24, 2.45) is 0 Å². The molecule has 3 heterocycles. The topological polar surface area (TPSA) is 83.1 Å². The molecule has 0 bridgehead atoms. The van der Waals surface area contributed by atoms with Gasteiger partial charge in [0.15, 0.2) is 6.23 Å². The van der Waals surface area contributed by atoms with E-state index in [1.54, 1.807) is 17.0 Å². The number of nitrogens with zero attached hydrogens (tertiary/aromatic N) is 2. The van der Waals surface area contributed by atoms with Crippen LogP contribution in [-0.2, 0) is 16.0 Å². The highest BCUT2D eigenvalue weighted by molar-refractivity contribution is 9.10. The van der Waals surface area contributed by atoms with Gasteiger partial charge < -0.3 is 24.2 Å². The normalized spacial score (nSPS) is 15.7. The molecular weight excluding hydrogens is 539 g/mol. The van der Waals surface area contributed by atoms with Gasteiger partial charge in [-0.2, -0.15) is 0 Å². The van der Waals surface area contributed by atoms with Crippen molar-refractivity contribution in [2.45, 2.75) is 12.6 Å². The van der Waals surface area contributed by atoms with Gasteiger partial charge in [-0.15, -0.1) is 0 Å². The first-order chi connectivity index (χ1) is 17.9. The van der Waals surface area contributed by atoms with Gasteiger partial charge in [-0.3, -0.25) is 4.79 Å². The molecule has 1 aliphatic heterocycles. The summed E-state index contributed by atoms with van der Waals surface area (Å²) in [6, 6.07) is 19.9. The van der Waals surface area contributed by atoms with Gasteiger partial charge in [0.05, 0.1) is 11.0 Å². The molecule has 0 radical (unpaired) electrons. The Morgan fingerprint density at radius 3 is 2.49 bits per heavy atom. The lowest BCUT2D eigenvalue weighted by Gasteiger charge is -2.24. The maximum atomic E-state index is 13.7. The van der Waals surface area contributed by atoms with E-state index in [4.69, 9.17) is 4.74 Å². The molecule has 6 rings (SSSR count). The first-order valence-corrected chi connectivity index (χ1v) is 12.6. The number of aromatic nitrogens is 3. The molecule has 1 amide bonds. The Morgan fingerprint density at radius 2 is 1.70 bits per heavy atom. The number of imidazole rings is 1. The number of carbonyl (C=O) groups is 1. The highest BCUT2D eigenvalue weighted by atomic mass is 79.9. The summed E-state index contributed by atoms with van der Waals surface area (Å²) in [5, 5.41) is 0. The molecule has 1 aliphatic rings. The Morgan fingerprint density at radius 1 is 0.946 bits per heavy atom. The van der Waals surface area contributed by atoms with E-state index in [0.717, 1.165) is 43.4 Å². The minimum atomic E-state index is -0.583. The summed E-state index contributed by atoms with van der Waals surface area (Å²) >= 11 is 3.47. The monoisotopic (exact) mass is 560 g/mol. The van der Waals surface area contributed by atoms with Crippen molar-refractivity contribution in [1.29, 1.82) is 0 Å². The largest absolute Gasteiger partial charge is 0.344 e. The summed E-state index contributed by atoms with van der Waals surface area (Å²) in [5.41, 5.74) is 5.68. The summed E-state index contributed by atoms with van der Waals surface area (Å²) in [6.07, 6.45) is 3.95. The number of hydrogen-bond donors (Lipinski definition) is 2. The molecule has 37 heavy (non-hydrogen) atoms. The Hall–Kier alpha value is -3.95. The second-order valence-electron chi connectivity index (χ2n) is 8.98. The number of rotatable bonds is 6. The summed E-state index contributed by atoms with van der Waals surface area (Å²) in [4.78, 5) is 31.7. The molecule has 1 saturated heterocycles. The zero-order chi connectivity index (χ0) is 25.5. The van der Waals surface area contributed by atoms with Crippen LogP contribution in [0.25, 0.3) is 27.8 Å². The fraction of sp³-hybridized carbons (Fsp3) is 0.143. The molecule has 2 N–H and O–H groups in total. The maximum absolute atomic E-state index is 13.7. The van der Waals surface area contributed by atoms with E-state index in [2.05, 4.69) is 25.9 Å². The summed E-state index contributed by atoms with van der Waals surface area (Å²) in [6.45, 7) is 0.428. The molecule has 0 spiro atoms. The number of H-pyrrole nitrogens is 2. The number of hydrogen-bond acceptors (Lipinski definition) is 3. The Kier molecular flexibility index (Phi) is 6.02. The van der Waals surface area contributed by atoms with E-state index < -0.39 is 6.23 Å². The third kappa shape index (κ3) is 4.63. The van der Waals surface area contributed by atoms with Gasteiger partial charge >= 0.3 is 5.69 Å². The van der Waals surface area contributed by atoms with Crippen LogP contribution in [0.1, 0.15) is 17.4 Å². The maximum Gasteiger partial charge on any atom is 0.323 e. The van der Waals surface area contributed by atoms with Gasteiger partial charge in [0.25, 0.3) is 5.91 Å². The Bertz CT molecular complexity index is 1650. The molecule has 0 saturated carbocycles. The average Bonchev–Trinajstić information content (AvgIpc) is 3.59. The molecule has 1 atom stereocenters. The van der Waals surface area contributed by atoms with Crippen LogP contribution in [0, 0.1) is 5.82 Å². The summed E-state index contributed by atoms with van der Waals surface area (Å²) in [5.74, 6) is -0.408. The third-order valence-electron chi connectivity index (χ3n) is 6.59. The molecule has 186 valence electrons. The Balaban J connectivity index is 1.34. The van der Waals surface area contributed by atoms with Crippen molar-refractivity contribution >= 4 is 32.9 Å². The number of benzene rings is 3. The average molecular weight is 561 g/mol. The van der Waals surface area contributed by atoms with Gasteiger partial charge in [0.1, 0.15) is 12.4 Å². The molecule has 3 aromatic carbocycles. The zero-order valence-corrected chi connectivity index (χ0v) is 21.2. The van der Waals surface area contributed by atoms with Crippen molar-refractivity contribution < 1.29 is 13.9 Å². The lowest BCUT2D eigenvalue weighted by atomic mass is 10.0. The first kappa shape index (κ1) is 23.4. The van der Waals surface area contributed by atoms with Gasteiger partial charge in [-0.05, 0) is 66.1 Å². The Labute approximate surface area is 219 Å². The third-order valence-corrected chi connectivity index (χ3v) is 7.12. The van der Waals surface area contributed by atoms with Crippen molar-refractivity contribution in [3.63, 3.8) is 0 Å². The first-order valence-electron chi connectivity index (χ1n) is 11.8. The minimum absolute atomic E-state index is 0.0127. The van der Waals surface area contributed by atoms with Crippen molar-refractivity contribution in [3.8, 4) is 16.8 Å². The number of halogens is 2. The number of carbonyl (C=O) groups excluding carboxylic acids is 1. The van der Waals surface area contributed by atoms with Crippen LogP contribution in [0.4, 0.5) is 4.39 Å². The lowest BCUT2D eigenvalue weighted by Crippen LogP contribution is -2.30. The van der Waals surface area contributed by atoms with Gasteiger partial charge in [0.2, 0.25) is 0 Å². The number of amides is 1. The smallest absolute Gasteiger partial charge is 0.323 e. The van der Waals surface area contributed by atoms with E-state index in [1.165, 1.54) is 12.1 Å². The molecule has 2 aromatic heterocycles. The summed E-state index contributed by atoms with van der Waals surface area (Å²) in [7, 11) is 0. The lowest BCUT2D eigenvalue weighted by molar-refractivity contribution is -0.128. The fourth-order valence-electron chi connectivity index (χ4n) is 4.74. The van der Waals surface area contributed by atoms with E-state index in [0.29, 0.717) is 13.0 Å². The van der Waals surface area contributed by atoms with Crippen LogP contribution in [0.5, 0.6) is 0 Å². The number of aromatic amines is 2. The van der Waals surface area contributed by atoms with E-state index >= 15 is 0 Å². The van der Waals surface area contributed by atoms with Crippen molar-refractivity contribution in [3.05, 3.63) is 111 Å². The van der Waals surface area contributed by atoms with E-state index in [-0.39, 0.29) is 24.0 Å². The van der Waals surface area contributed by atoms with Gasteiger partial charge in [-0.25, -0.2) is 9.18 Å². The van der Waals surface area contributed by atoms with Crippen LogP contribution < -0.4 is 5.69 Å². The predicted octanol–water partition coefficient (Wildman–Crippen LogP) is 5.32. The summed E-state index contributed by atoms with van der Waals surface area (Å²) < 4.78 is 22.6. The predicted molar refractivity (Wildman–Crippen MR) is 142 cm³/mol. The van der Waals surface area contributed by atoms with Crippen LogP contribution in [0.3, 0.4) is 0 Å². The highest BCUT2D eigenvalue weighted by Gasteiger charge is 2.35. The van der Waals surface area contributed by atoms with Crippen LogP contribution >= 0.6 is 15.9 Å². The van der Waals surface area contributed by atoms with Crippen LogP contribution in [0.2, 0.25) is 0 Å². The number of nitrogens with one attached hydrogen (secondary N) is 2. The minimum Gasteiger partial charge on any atom is -0.344 e. The number of fused-ring (bicyclic) bond motifs is 1. The SMILES string of the molecule is O=C1CO[C@H](c2cn(-c3ccc(Br)cc3)cc2-c2ccc(F)cc2)N1CCc1ccc2[nH]c(=O)[nH]c2c1. The molecule has 9 heteroatoms. The molecule has 7 nitrogen and oxygen atoms in total. The highest BCUT2D eigenvalue weighted by Crippen LogP contribution is 2.37. The number of ether oxygens (including phenoxy) is 1. The molecular formula is C28H22BrFN4O3. The molecule has 1 fully saturated rings. The second kappa shape index (κ2) is 9.49. The fourth-order valence-corrected chi connectivity index (χ4v) is 5.00. The van der Waals surface area contributed by atoms with E-state index in [9.17, 15) is 14.0 Å². The van der Waals surface area contributed by atoms with Crippen molar-refractivity contribution in [1.82, 2.24) is 19.4 Å². The molecule has 0 unspecified atom stereocenters.